The zero-order valence-electron chi connectivity index (χ0n) is 25.3. The molecule has 0 heterocycles. The summed E-state index contributed by atoms with van der Waals surface area (Å²) in [6.45, 7) is 0. The molecule has 0 radical (unpaired) electrons. The Hall–Kier alpha value is -4.45. The average molecular weight is 647 g/mol. The minimum atomic E-state index is -4.09. The number of halogens is 1. The summed E-state index contributed by atoms with van der Waals surface area (Å²) in [7, 11) is -6.14. The Morgan fingerprint density at radius 3 is 0.891 bits per heavy atom. The predicted octanol–water partition coefficient (Wildman–Crippen LogP) is 6.14. The normalized spacial score (nSPS) is 11.5. The lowest BCUT2D eigenvalue weighted by atomic mass is 10.3. The number of hydrogen-bond acceptors (Lipinski definition) is 0. The molecular weight excluding hydrogens is 613 g/mol. The first kappa shape index (κ1) is 30.2. The molecule has 0 amide bonds. The first-order valence-electron chi connectivity index (χ1n) is 15.5. The lowest BCUT2D eigenvalue weighted by Crippen LogP contribution is -2.70. The molecule has 0 nitrogen and oxygen atoms in total. The van der Waals surface area contributed by atoms with Crippen LogP contribution in [0.25, 0.3) is 0 Å². The van der Waals surface area contributed by atoms with Crippen LogP contribution in [0.15, 0.2) is 200 Å². The third-order valence-corrected chi connectivity index (χ3v) is 17.2. The molecule has 4 heteroatoms. The molecular formula is C42H33FP2Si. The van der Waals surface area contributed by atoms with Gasteiger partial charge in [0, 0.05) is 0 Å². The highest BCUT2D eigenvalue weighted by molar-refractivity contribution is 7.81. The molecule has 7 aromatic rings. The first-order chi connectivity index (χ1) is 22.7. The maximum Gasteiger partial charge on any atom is 0.340 e. The lowest BCUT2D eigenvalue weighted by Gasteiger charge is -2.33. The van der Waals surface area contributed by atoms with Gasteiger partial charge < -0.3 is 0 Å². The van der Waals surface area contributed by atoms with Crippen LogP contribution in [0.5, 0.6) is 0 Å². The minimum Gasteiger partial charge on any atom is -0.296 e. The molecule has 0 bridgehead atoms. The summed E-state index contributed by atoms with van der Waals surface area (Å²) in [6.07, 6.45) is 0. The Kier molecular flexibility index (Phi) is 9.13. The standard InChI is InChI=1S/C42H33FP2Si/c43-46(38-28-14-5-15-29-38,41-32-18-16-30-39(41)44(34-20-6-1-7-21-34)35-22-8-2-9-23-35)42-33-19-17-31-40(42)45(36-24-10-3-11-25-36)37-26-12-4-13-27-37/h1-33H. The molecule has 0 saturated heterocycles. The van der Waals surface area contributed by atoms with Gasteiger partial charge in [0.1, 0.15) is 0 Å². The van der Waals surface area contributed by atoms with Crippen molar-refractivity contribution in [3.63, 3.8) is 0 Å². The van der Waals surface area contributed by atoms with Crippen LogP contribution in [0, 0.1) is 0 Å². The van der Waals surface area contributed by atoms with Gasteiger partial charge >= 0.3 is 8.41 Å². The van der Waals surface area contributed by atoms with Crippen molar-refractivity contribution in [2.24, 2.45) is 0 Å². The van der Waals surface area contributed by atoms with Crippen molar-refractivity contribution in [2.45, 2.75) is 0 Å². The van der Waals surface area contributed by atoms with Crippen molar-refractivity contribution in [3.05, 3.63) is 200 Å². The van der Waals surface area contributed by atoms with Crippen molar-refractivity contribution >= 4 is 71.6 Å². The van der Waals surface area contributed by atoms with Crippen molar-refractivity contribution in [1.82, 2.24) is 0 Å². The zero-order chi connectivity index (χ0) is 31.2. The van der Waals surface area contributed by atoms with Gasteiger partial charge in [-0.3, -0.25) is 4.11 Å². The summed E-state index contributed by atoms with van der Waals surface area (Å²) in [6, 6.07) is 69.1. The summed E-state index contributed by atoms with van der Waals surface area (Å²) < 4.78 is 19.5. The van der Waals surface area contributed by atoms with E-state index in [-0.39, 0.29) is 0 Å². The first-order valence-corrected chi connectivity index (χ1v) is 20.0. The number of hydrogen-bond donors (Lipinski definition) is 0. The zero-order valence-corrected chi connectivity index (χ0v) is 28.1. The van der Waals surface area contributed by atoms with Crippen LogP contribution in [-0.4, -0.2) is 8.41 Å². The van der Waals surface area contributed by atoms with Crippen molar-refractivity contribution in [2.75, 3.05) is 0 Å². The molecule has 0 atom stereocenters. The number of benzene rings is 7. The molecule has 0 aliphatic carbocycles. The van der Waals surface area contributed by atoms with E-state index >= 15 is 4.11 Å². The molecule has 7 aromatic carbocycles. The average Bonchev–Trinajstić information content (AvgIpc) is 3.14. The van der Waals surface area contributed by atoms with E-state index in [1.807, 2.05) is 42.5 Å². The lowest BCUT2D eigenvalue weighted by molar-refractivity contribution is 0.843. The van der Waals surface area contributed by atoms with Crippen LogP contribution >= 0.6 is 15.8 Å². The number of rotatable bonds is 9. The fourth-order valence-electron chi connectivity index (χ4n) is 6.21. The summed E-state index contributed by atoms with van der Waals surface area (Å²) in [5.74, 6) is 0. The highest BCUT2D eigenvalue weighted by Gasteiger charge is 2.46. The molecule has 0 spiro atoms. The Balaban J connectivity index is 1.53. The minimum absolute atomic E-state index is 0.766. The highest BCUT2D eigenvalue weighted by Crippen LogP contribution is 2.35. The summed E-state index contributed by atoms with van der Waals surface area (Å²) >= 11 is 0. The fraction of sp³-hybridized carbons (Fsp3) is 0. The predicted molar refractivity (Wildman–Crippen MR) is 203 cm³/mol. The van der Waals surface area contributed by atoms with E-state index in [0.717, 1.165) is 26.2 Å². The van der Waals surface area contributed by atoms with Crippen LogP contribution in [0.4, 0.5) is 4.11 Å². The van der Waals surface area contributed by atoms with E-state index in [1.54, 1.807) is 0 Å². The van der Waals surface area contributed by atoms with Gasteiger partial charge in [-0.1, -0.05) is 200 Å². The van der Waals surface area contributed by atoms with Gasteiger partial charge in [-0.2, -0.15) is 0 Å². The molecule has 7 rings (SSSR count). The summed E-state index contributed by atoms with van der Waals surface area (Å²) in [5.41, 5.74) is 0. The molecule has 222 valence electrons. The topological polar surface area (TPSA) is 0 Å². The van der Waals surface area contributed by atoms with E-state index in [9.17, 15) is 0 Å². The maximum absolute atomic E-state index is 19.5. The van der Waals surface area contributed by atoms with Gasteiger partial charge in [0.25, 0.3) is 0 Å². The van der Waals surface area contributed by atoms with E-state index in [2.05, 4.69) is 158 Å². The molecule has 0 aromatic heterocycles. The Labute approximate surface area is 274 Å². The van der Waals surface area contributed by atoms with E-state index in [4.69, 9.17) is 0 Å². The van der Waals surface area contributed by atoms with Crippen LogP contribution < -0.4 is 47.4 Å². The second-order valence-electron chi connectivity index (χ2n) is 11.1. The van der Waals surface area contributed by atoms with Gasteiger partial charge in [0.05, 0.1) is 0 Å². The molecule has 0 N–H and O–H groups in total. The van der Waals surface area contributed by atoms with E-state index < -0.39 is 24.3 Å². The Bertz CT molecular complexity index is 1800. The summed E-state index contributed by atoms with van der Waals surface area (Å²) in [4.78, 5) is 0. The molecule has 46 heavy (non-hydrogen) atoms. The third-order valence-electron chi connectivity index (χ3n) is 8.26. The molecule has 0 aliphatic rings. The largest absolute Gasteiger partial charge is 0.340 e. The van der Waals surface area contributed by atoms with Crippen molar-refractivity contribution < 1.29 is 4.11 Å². The molecule has 0 unspecified atom stereocenters. The fourth-order valence-corrected chi connectivity index (χ4v) is 15.6. The Morgan fingerprint density at radius 1 is 0.304 bits per heavy atom. The van der Waals surface area contributed by atoms with Crippen molar-refractivity contribution in [1.29, 1.82) is 0 Å². The van der Waals surface area contributed by atoms with Gasteiger partial charge in [0.15, 0.2) is 0 Å². The van der Waals surface area contributed by atoms with Gasteiger partial charge in [-0.25, -0.2) is 0 Å². The van der Waals surface area contributed by atoms with Crippen LogP contribution in [0.2, 0.25) is 0 Å². The van der Waals surface area contributed by atoms with Crippen LogP contribution in [0.1, 0.15) is 0 Å². The molecule has 0 saturated carbocycles. The Morgan fingerprint density at radius 2 is 0.565 bits per heavy atom. The van der Waals surface area contributed by atoms with E-state index in [0.29, 0.717) is 0 Å². The van der Waals surface area contributed by atoms with Crippen molar-refractivity contribution in [3.8, 4) is 0 Å². The summed E-state index contributed by atoms with van der Waals surface area (Å²) in [5, 5.41) is 9.41. The smallest absolute Gasteiger partial charge is 0.296 e. The SMILES string of the molecule is F[Si](c1ccccc1)(c1ccccc1P(c1ccccc1)c1ccccc1)c1ccccc1P(c1ccccc1)c1ccccc1. The van der Waals surface area contributed by atoms with Gasteiger partial charge in [-0.15, -0.1) is 0 Å². The monoisotopic (exact) mass is 646 g/mol. The quantitative estimate of drug-likeness (QED) is 0.0766. The second-order valence-corrected chi connectivity index (χ2v) is 18.4. The van der Waals surface area contributed by atoms with Gasteiger partial charge in [0.2, 0.25) is 0 Å². The molecule has 0 aliphatic heterocycles. The van der Waals surface area contributed by atoms with Crippen LogP contribution in [0.3, 0.4) is 0 Å². The van der Waals surface area contributed by atoms with Crippen LogP contribution in [-0.2, 0) is 0 Å². The van der Waals surface area contributed by atoms with E-state index in [1.165, 1.54) is 21.2 Å². The van der Waals surface area contributed by atoms with Gasteiger partial charge in [-0.05, 0) is 63.2 Å². The highest BCUT2D eigenvalue weighted by atomic mass is 31.1. The second kappa shape index (κ2) is 13.9. The third kappa shape index (κ3) is 5.93. The maximum atomic E-state index is 19.5. The molecule has 0 fully saturated rings.